The standard InChI is InChI=1S/C17H32O/c1-4-6-7-8-9-10-11-12-13-14-17(18)15-16(3)5-2/h5H,4,6-15H2,1-3H3. The second kappa shape index (κ2) is 12.9. The molecule has 0 aromatic heterocycles. The van der Waals surface area contributed by atoms with Gasteiger partial charge >= 0.3 is 0 Å². The minimum atomic E-state index is 0.411. The Labute approximate surface area is 114 Å². The molecular formula is C17H32O. The number of carbonyl (C=O) groups excluding carboxylic acids is 1. The zero-order valence-electron chi connectivity index (χ0n) is 12.8. The first-order chi connectivity index (χ1) is 8.70. The van der Waals surface area contributed by atoms with Crippen molar-refractivity contribution in [3.63, 3.8) is 0 Å². The molecule has 0 aromatic rings. The first-order valence-electron chi connectivity index (χ1n) is 7.84. The molecule has 0 bridgehead atoms. The maximum atomic E-state index is 11.6. The number of hydrogen-bond donors (Lipinski definition) is 0. The summed E-state index contributed by atoms with van der Waals surface area (Å²) in [7, 11) is 0. The summed E-state index contributed by atoms with van der Waals surface area (Å²) in [5.74, 6) is 0.411. The van der Waals surface area contributed by atoms with E-state index in [1.165, 1.54) is 56.9 Å². The molecule has 0 unspecified atom stereocenters. The molecule has 0 aromatic carbocycles. The summed E-state index contributed by atoms with van der Waals surface area (Å²) < 4.78 is 0. The minimum Gasteiger partial charge on any atom is -0.299 e. The quantitative estimate of drug-likeness (QED) is 0.315. The highest BCUT2D eigenvalue weighted by Gasteiger charge is 2.02. The first kappa shape index (κ1) is 17.4. The Morgan fingerprint density at radius 3 is 1.89 bits per heavy atom. The van der Waals surface area contributed by atoms with Crippen molar-refractivity contribution in [2.24, 2.45) is 0 Å². The van der Waals surface area contributed by atoms with E-state index in [1.54, 1.807) is 0 Å². The molecule has 0 atom stereocenters. The van der Waals surface area contributed by atoms with Gasteiger partial charge in [-0.2, -0.15) is 0 Å². The molecule has 0 N–H and O–H groups in total. The van der Waals surface area contributed by atoms with E-state index in [2.05, 4.69) is 6.92 Å². The lowest BCUT2D eigenvalue weighted by molar-refractivity contribution is -0.118. The number of carbonyl (C=O) groups is 1. The molecule has 0 aliphatic heterocycles. The number of ketones is 1. The normalized spacial score (nSPS) is 11.8. The van der Waals surface area contributed by atoms with Gasteiger partial charge in [-0.25, -0.2) is 0 Å². The molecule has 0 aliphatic carbocycles. The molecule has 106 valence electrons. The van der Waals surface area contributed by atoms with Crippen LogP contribution in [0.4, 0.5) is 0 Å². The van der Waals surface area contributed by atoms with Crippen LogP contribution in [0.15, 0.2) is 11.6 Å². The van der Waals surface area contributed by atoms with E-state index in [1.807, 2.05) is 19.9 Å². The predicted octanol–water partition coefficient (Wildman–Crippen LogP) is 5.83. The monoisotopic (exact) mass is 252 g/mol. The van der Waals surface area contributed by atoms with Crippen molar-refractivity contribution in [2.45, 2.75) is 91.4 Å². The topological polar surface area (TPSA) is 17.1 Å². The third-order valence-corrected chi connectivity index (χ3v) is 3.53. The zero-order valence-corrected chi connectivity index (χ0v) is 12.8. The van der Waals surface area contributed by atoms with Crippen molar-refractivity contribution in [3.05, 3.63) is 11.6 Å². The van der Waals surface area contributed by atoms with Crippen molar-refractivity contribution >= 4 is 5.78 Å². The molecule has 0 radical (unpaired) electrons. The molecule has 0 amide bonds. The van der Waals surface area contributed by atoms with Gasteiger partial charge in [0.1, 0.15) is 5.78 Å². The van der Waals surface area contributed by atoms with Crippen LogP contribution < -0.4 is 0 Å². The third-order valence-electron chi connectivity index (χ3n) is 3.53. The lowest BCUT2D eigenvalue weighted by Crippen LogP contribution is -1.98. The van der Waals surface area contributed by atoms with Gasteiger partial charge in [-0.1, -0.05) is 69.9 Å². The Hall–Kier alpha value is -0.590. The summed E-state index contributed by atoms with van der Waals surface area (Å²) in [6, 6.07) is 0. The largest absolute Gasteiger partial charge is 0.299 e. The second-order valence-electron chi connectivity index (χ2n) is 5.43. The van der Waals surface area contributed by atoms with E-state index < -0.39 is 0 Å². The number of hydrogen-bond acceptors (Lipinski definition) is 1. The van der Waals surface area contributed by atoms with Gasteiger partial charge in [0.25, 0.3) is 0 Å². The third kappa shape index (κ3) is 11.9. The highest BCUT2D eigenvalue weighted by molar-refractivity contribution is 5.80. The van der Waals surface area contributed by atoms with Crippen molar-refractivity contribution in [2.75, 3.05) is 0 Å². The van der Waals surface area contributed by atoms with Gasteiger partial charge in [-0.15, -0.1) is 0 Å². The number of rotatable bonds is 12. The van der Waals surface area contributed by atoms with Gasteiger partial charge < -0.3 is 0 Å². The summed E-state index contributed by atoms with van der Waals surface area (Å²) in [6.45, 7) is 6.29. The summed E-state index contributed by atoms with van der Waals surface area (Å²) in [6.07, 6.45) is 15.3. The Bertz CT molecular complexity index is 228. The maximum absolute atomic E-state index is 11.6. The van der Waals surface area contributed by atoms with Gasteiger partial charge in [0, 0.05) is 12.8 Å². The van der Waals surface area contributed by atoms with Crippen molar-refractivity contribution in [1.82, 2.24) is 0 Å². The number of allylic oxidation sites excluding steroid dienone is 2. The molecule has 1 heteroatoms. The molecule has 0 aliphatic rings. The highest BCUT2D eigenvalue weighted by atomic mass is 16.1. The first-order valence-corrected chi connectivity index (χ1v) is 7.84. The fourth-order valence-electron chi connectivity index (χ4n) is 2.13. The zero-order chi connectivity index (χ0) is 13.6. The van der Waals surface area contributed by atoms with Gasteiger partial charge in [0.05, 0.1) is 0 Å². The Balaban J connectivity index is 3.22. The van der Waals surface area contributed by atoms with Gasteiger partial charge in [-0.05, 0) is 20.3 Å². The SMILES string of the molecule is CC=C(C)CC(=O)CCCCCCCCCCC. The molecule has 0 spiro atoms. The number of unbranched alkanes of at least 4 members (excludes halogenated alkanes) is 8. The average Bonchev–Trinajstić information content (AvgIpc) is 2.36. The van der Waals surface area contributed by atoms with E-state index >= 15 is 0 Å². The summed E-state index contributed by atoms with van der Waals surface area (Å²) in [5, 5.41) is 0. The van der Waals surface area contributed by atoms with E-state index in [0.717, 1.165) is 12.8 Å². The minimum absolute atomic E-state index is 0.411. The molecule has 0 rings (SSSR count). The average molecular weight is 252 g/mol. The van der Waals surface area contributed by atoms with Crippen LogP contribution in [0.2, 0.25) is 0 Å². The molecule has 1 nitrogen and oxygen atoms in total. The van der Waals surface area contributed by atoms with Gasteiger partial charge in [0.15, 0.2) is 0 Å². The summed E-state index contributed by atoms with van der Waals surface area (Å²) in [4.78, 5) is 11.6. The molecular weight excluding hydrogens is 220 g/mol. The molecule has 18 heavy (non-hydrogen) atoms. The second-order valence-corrected chi connectivity index (χ2v) is 5.43. The van der Waals surface area contributed by atoms with Crippen LogP contribution in [0.1, 0.15) is 91.4 Å². The summed E-state index contributed by atoms with van der Waals surface area (Å²) >= 11 is 0. The fraction of sp³-hybridized carbons (Fsp3) is 0.824. The lowest BCUT2D eigenvalue weighted by Gasteiger charge is -2.02. The molecule has 0 saturated carbocycles. The molecule has 0 saturated heterocycles. The van der Waals surface area contributed by atoms with Gasteiger partial charge in [-0.3, -0.25) is 4.79 Å². The Kier molecular flexibility index (Phi) is 12.4. The van der Waals surface area contributed by atoms with Crippen LogP contribution in [0.25, 0.3) is 0 Å². The van der Waals surface area contributed by atoms with Crippen LogP contribution in [0.3, 0.4) is 0 Å². The van der Waals surface area contributed by atoms with Crippen LogP contribution in [-0.2, 0) is 4.79 Å². The lowest BCUT2D eigenvalue weighted by atomic mass is 10.0. The van der Waals surface area contributed by atoms with Crippen LogP contribution >= 0.6 is 0 Å². The molecule has 0 fully saturated rings. The van der Waals surface area contributed by atoms with Gasteiger partial charge in [0.2, 0.25) is 0 Å². The predicted molar refractivity (Wildman–Crippen MR) is 80.9 cm³/mol. The highest BCUT2D eigenvalue weighted by Crippen LogP contribution is 2.12. The maximum Gasteiger partial charge on any atom is 0.136 e. The van der Waals surface area contributed by atoms with E-state index in [-0.39, 0.29) is 0 Å². The van der Waals surface area contributed by atoms with Crippen molar-refractivity contribution < 1.29 is 4.79 Å². The van der Waals surface area contributed by atoms with Crippen molar-refractivity contribution in [1.29, 1.82) is 0 Å². The van der Waals surface area contributed by atoms with Crippen LogP contribution in [0.5, 0.6) is 0 Å². The van der Waals surface area contributed by atoms with Crippen LogP contribution in [0, 0.1) is 0 Å². The smallest absolute Gasteiger partial charge is 0.136 e. The fourth-order valence-corrected chi connectivity index (χ4v) is 2.13. The van der Waals surface area contributed by atoms with E-state index in [9.17, 15) is 4.79 Å². The van der Waals surface area contributed by atoms with Crippen LogP contribution in [-0.4, -0.2) is 5.78 Å². The van der Waals surface area contributed by atoms with Crippen molar-refractivity contribution in [3.8, 4) is 0 Å². The van der Waals surface area contributed by atoms with E-state index in [4.69, 9.17) is 0 Å². The Morgan fingerprint density at radius 1 is 0.889 bits per heavy atom. The summed E-state index contributed by atoms with van der Waals surface area (Å²) in [5.41, 5.74) is 1.20. The Morgan fingerprint density at radius 2 is 1.39 bits per heavy atom. The number of Topliss-reactive ketones (excluding diaryl/α,β-unsaturated/α-hetero) is 1. The molecule has 0 heterocycles. The van der Waals surface area contributed by atoms with E-state index in [0.29, 0.717) is 12.2 Å².